The Morgan fingerprint density at radius 3 is 2.91 bits per heavy atom. The molecule has 0 aliphatic rings. The summed E-state index contributed by atoms with van der Waals surface area (Å²) in [6, 6.07) is 9.92. The van der Waals surface area contributed by atoms with Crippen LogP contribution >= 0.6 is 11.3 Å². The van der Waals surface area contributed by atoms with E-state index in [0.29, 0.717) is 22.3 Å². The Morgan fingerprint density at radius 1 is 1.25 bits per heavy atom. The number of methoxy groups -OCH3 is 1. The van der Waals surface area contributed by atoms with E-state index < -0.39 is 11.2 Å². The first kappa shape index (κ1) is 20.8. The van der Waals surface area contributed by atoms with E-state index in [1.165, 1.54) is 17.7 Å². The van der Waals surface area contributed by atoms with Crippen molar-refractivity contribution in [2.24, 2.45) is 7.05 Å². The normalized spacial score (nSPS) is 12.6. The van der Waals surface area contributed by atoms with Crippen LogP contribution in [0.2, 0.25) is 0 Å². The molecule has 32 heavy (non-hydrogen) atoms. The van der Waals surface area contributed by atoms with Crippen LogP contribution in [0.5, 0.6) is 0 Å². The van der Waals surface area contributed by atoms with Gasteiger partial charge in [0.05, 0.1) is 23.5 Å². The number of ether oxygens (including phenoxy) is 1. The molecule has 5 aromatic rings. The standard InChI is InChI=1S/C22H20N6O2S2/c1-28-18(5-6-26-28)15-10-17(13-3-4-14-11-24-12-25-16(14)9-13)27-21-19(15)20(23)22(31-21)32(29)8-7-30-2/h3-6,9-12H,7-8,23H2,1-2H3/t32-/m1/s1. The summed E-state index contributed by atoms with van der Waals surface area (Å²) < 4.78 is 20.4. The largest absolute Gasteiger partial charge is 0.611 e. The van der Waals surface area contributed by atoms with Crippen LogP contribution < -0.4 is 5.73 Å². The van der Waals surface area contributed by atoms with Crippen molar-refractivity contribution in [3.05, 3.63) is 49.1 Å². The first-order valence-corrected chi connectivity index (χ1v) is 12.0. The number of nitrogens with two attached hydrogens (primary N) is 1. The molecule has 0 amide bonds. The lowest BCUT2D eigenvalue weighted by Gasteiger charge is -2.10. The second kappa shape index (κ2) is 8.47. The second-order valence-corrected chi connectivity index (χ2v) is 9.98. The first-order chi connectivity index (χ1) is 15.6. The fraction of sp³-hybridized carbons (Fsp3) is 0.182. The van der Waals surface area contributed by atoms with Crippen LogP contribution in [0.3, 0.4) is 0 Å². The summed E-state index contributed by atoms with van der Waals surface area (Å²) in [5.74, 6) is 0.381. The minimum atomic E-state index is -1.27. The zero-order chi connectivity index (χ0) is 22.2. The van der Waals surface area contributed by atoms with E-state index in [1.807, 2.05) is 37.4 Å². The summed E-state index contributed by atoms with van der Waals surface area (Å²) in [5, 5.41) is 6.08. The van der Waals surface area contributed by atoms with E-state index in [1.54, 1.807) is 24.2 Å². The molecular formula is C22H20N6O2S2. The van der Waals surface area contributed by atoms with Crippen molar-refractivity contribution in [3.8, 4) is 22.5 Å². The number of benzene rings is 1. The van der Waals surface area contributed by atoms with E-state index in [-0.39, 0.29) is 0 Å². The first-order valence-electron chi connectivity index (χ1n) is 9.85. The SMILES string of the molecule is COCC[S@@+]([O-])c1sc2nc(-c3ccc4cncnc4c3)cc(-c3ccnn3C)c2c1N. The fourth-order valence-electron chi connectivity index (χ4n) is 3.64. The van der Waals surface area contributed by atoms with Crippen LogP contribution in [-0.2, 0) is 23.0 Å². The maximum Gasteiger partial charge on any atom is 0.232 e. The van der Waals surface area contributed by atoms with Crippen molar-refractivity contribution in [2.75, 3.05) is 25.2 Å². The van der Waals surface area contributed by atoms with Crippen molar-refractivity contribution < 1.29 is 9.29 Å². The lowest BCUT2D eigenvalue weighted by molar-refractivity contribution is 0.217. The van der Waals surface area contributed by atoms with Gasteiger partial charge in [-0.2, -0.15) is 5.10 Å². The number of aryl methyl sites for hydroxylation is 1. The molecule has 1 aromatic carbocycles. The number of nitrogen functional groups attached to an aromatic ring is 1. The zero-order valence-corrected chi connectivity index (χ0v) is 19.1. The lowest BCUT2D eigenvalue weighted by Crippen LogP contribution is -2.11. The highest BCUT2D eigenvalue weighted by atomic mass is 32.2. The van der Waals surface area contributed by atoms with Crippen LogP contribution in [-0.4, -0.2) is 48.8 Å². The highest BCUT2D eigenvalue weighted by molar-refractivity contribution is 7.93. The van der Waals surface area contributed by atoms with Crippen LogP contribution in [0.4, 0.5) is 5.69 Å². The van der Waals surface area contributed by atoms with E-state index in [0.717, 1.165) is 43.6 Å². The predicted molar refractivity (Wildman–Crippen MR) is 128 cm³/mol. The minimum absolute atomic E-state index is 0.381. The van der Waals surface area contributed by atoms with E-state index in [4.69, 9.17) is 15.5 Å². The van der Waals surface area contributed by atoms with Crippen LogP contribution in [0.1, 0.15) is 0 Å². The third-order valence-electron chi connectivity index (χ3n) is 5.24. The van der Waals surface area contributed by atoms with E-state index in [2.05, 4.69) is 15.1 Å². The van der Waals surface area contributed by atoms with Gasteiger partial charge in [-0.25, -0.2) is 15.0 Å². The average Bonchev–Trinajstić information content (AvgIpc) is 3.39. The number of hydrogen-bond acceptors (Lipinski definition) is 8. The van der Waals surface area contributed by atoms with Gasteiger partial charge >= 0.3 is 0 Å². The molecule has 0 aliphatic heterocycles. The molecule has 4 aromatic heterocycles. The lowest BCUT2D eigenvalue weighted by atomic mass is 10.0. The maximum atomic E-state index is 12.9. The van der Waals surface area contributed by atoms with Gasteiger partial charge in [0.15, 0.2) is 0 Å². The van der Waals surface area contributed by atoms with Gasteiger partial charge in [0.25, 0.3) is 0 Å². The molecule has 162 valence electrons. The predicted octanol–water partition coefficient (Wildman–Crippen LogP) is 3.64. The summed E-state index contributed by atoms with van der Waals surface area (Å²) in [5.41, 5.74) is 11.4. The van der Waals surface area contributed by atoms with E-state index in [9.17, 15) is 4.55 Å². The molecule has 1 atom stereocenters. The van der Waals surface area contributed by atoms with Crippen LogP contribution in [0.25, 0.3) is 43.6 Å². The molecule has 5 rings (SSSR count). The topological polar surface area (TPSA) is 115 Å². The summed E-state index contributed by atoms with van der Waals surface area (Å²) in [7, 11) is 3.47. The quantitative estimate of drug-likeness (QED) is 0.382. The molecule has 0 saturated heterocycles. The van der Waals surface area contributed by atoms with Gasteiger partial charge in [-0.1, -0.05) is 23.5 Å². The summed E-state index contributed by atoms with van der Waals surface area (Å²) >= 11 is 0.0966. The van der Waals surface area contributed by atoms with Crippen molar-refractivity contribution in [1.29, 1.82) is 0 Å². The molecule has 0 spiro atoms. The van der Waals surface area contributed by atoms with Crippen molar-refractivity contribution in [1.82, 2.24) is 24.7 Å². The van der Waals surface area contributed by atoms with Gasteiger partial charge in [-0.05, 0) is 18.2 Å². The maximum absolute atomic E-state index is 12.9. The molecule has 10 heteroatoms. The number of aromatic nitrogens is 5. The summed E-state index contributed by atoms with van der Waals surface area (Å²) in [6.45, 7) is 0.395. The Labute approximate surface area is 191 Å². The third kappa shape index (κ3) is 3.61. The molecule has 8 nitrogen and oxygen atoms in total. The molecule has 0 radical (unpaired) electrons. The Kier molecular flexibility index (Phi) is 5.51. The molecule has 4 heterocycles. The summed E-state index contributed by atoms with van der Waals surface area (Å²) in [4.78, 5) is 14.1. The van der Waals surface area contributed by atoms with Crippen molar-refractivity contribution >= 4 is 49.3 Å². The Balaban J connectivity index is 1.73. The monoisotopic (exact) mass is 464 g/mol. The number of fused-ring (bicyclic) bond motifs is 2. The third-order valence-corrected chi connectivity index (χ3v) is 8.12. The number of thiophene rings is 1. The number of rotatable bonds is 6. The Hall–Kier alpha value is -3.05. The number of pyridine rings is 1. The van der Waals surface area contributed by atoms with Gasteiger partial charge < -0.3 is 15.0 Å². The van der Waals surface area contributed by atoms with Gasteiger partial charge in [-0.15, -0.1) is 0 Å². The smallest absolute Gasteiger partial charge is 0.232 e. The molecular weight excluding hydrogens is 444 g/mol. The zero-order valence-electron chi connectivity index (χ0n) is 17.5. The summed E-state index contributed by atoms with van der Waals surface area (Å²) in [6.07, 6.45) is 5.06. The van der Waals surface area contributed by atoms with Crippen molar-refractivity contribution in [2.45, 2.75) is 4.21 Å². The van der Waals surface area contributed by atoms with Gasteiger partial charge in [-0.3, -0.25) is 4.68 Å². The average molecular weight is 465 g/mol. The second-order valence-electron chi connectivity index (χ2n) is 7.22. The Morgan fingerprint density at radius 2 is 2.12 bits per heavy atom. The Bertz CT molecular complexity index is 1430. The van der Waals surface area contributed by atoms with Gasteiger partial charge in [0.1, 0.15) is 22.6 Å². The highest BCUT2D eigenvalue weighted by Crippen LogP contribution is 2.43. The molecule has 0 bridgehead atoms. The number of nitrogens with zero attached hydrogens (tertiary/aromatic N) is 5. The highest BCUT2D eigenvalue weighted by Gasteiger charge is 2.25. The van der Waals surface area contributed by atoms with Gasteiger partial charge in [0.2, 0.25) is 4.21 Å². The van der Waals surface area contributed by atoms with Crippen LogP contribution in [0, 0.1) is 0 Å². The minimum Gasteiger partial charge on any atom is -0.611 e. The number of anilines is 1. The molecule has 2 N–H and O–H groups in total. The number of hydrogen-bond donors (Lipinski definition) is 1. The van der Waals surface area contributed by atoms with Crippen molar-refractivity contribution in [3.63, 3.8) is 0 Å². The molecule has 0 fully saturated rings. The van der Waals surface area contributed by atoms with Crippen LogP contribution in [0.15, 0.2) is 53.3 Å². The fourth-order valence-corrected chi connectivity index (χ4v) is 6.21. The van der Waals surface area contributed by atoms with Gasteiger partial charge in [0, 0.05) is 59.6 Å². The molecule has 0 saturated carbocycles. The molecule has 0 aliphatic carbocycles. The molecule has 0 unspecified atom stereocenters. The van der Waals surface area contributed by atoms with E-state index >= 15 is 0 Å².